The summed E-state index contributed by atoms with van der Waals surface area (Å²) in [6.07, 6.45) is -0.590. The van der Waals surface area contributed by atoms with Gasteiger partial charge in [-0.1, -0.05) is 48.5 Å². The van der Waals surface area contributed by atoms with Crippen molar-refractivity contribution < 1.29 is 34.1 Å². The van der Waals surface area contributed by atoms with Crippen molar-refractivity contribution in [2.24, 2.45) is 5.92 Å². The summed E-state index contributed by atoms with van der Waals surface area (Å²) in [4.78, 5) is 37.0. The third kappa shape index (κ3) is 5.21. The third-order valence-electron chi connectivity index (χ3n) is 6.26. The summed E-state index contributed by atoms with van der Waals surface area (Å²) in [5.41, 5.74) is 4.57. The Morgan fingerprint density at radius 1 is 1.06 bits per heavy atom. The smallest absolute Gasteiger partial charge is 0.407 e. The van der Waals surface area contributed by atoms with Crippen LogP contribution < -0.4 is 5.32 Å². The van der Waals surface area contributed by atoms with E-state index in [1.54, 1.807) is 0 Å². The van der Waals surface area contributed by atoms with Crippen molar-refractivity contribution in [1.29, 1.82) is 0 Å². The Morgan fingerprint density at radius 2 is 1.71 bits per heavy atom. The number of carbonyl (C=O) groups is 3. The predicted octanol–water partition coefficient (Wildman–Crippen LogP) is 1.84. The Hall–Kier alpha value is -3.43. The van der Waals surface area contributed by atoms with E-state index in [0.29, 0.717) is 6.42 Å². The molecule has 2 aliphatic rings. The summed E-state index contributed by atoms with van der Waals surface area (Å²) in [6, 6.07) is 16.2. The molecule has 2 atom stereocenters. The van der Waals surface area contributed by atoms with Crippen molar-refractivity contribution in [3.05, 3.63) is 59.7 Å². The van der Waals surface area contributed by atoms with Crippen LogP contribution in [0.15, 0.2) is 48.5 Å². The van der Waals surface area contributed by atoms with Gasteiger partial charge in [0.05, 0.1) is 25.2 Å². The van der Waals surface area contributed by atoms with Crippen LogP contribution in [0.1, 0.15) is 23.5 Å². The molecule has 1 heterocycles. The second-order valence-electron chi connectivity index (χ2n) is 8.47. The number of amides is 2. The average molecular weight is 469 g/mol. The Labute approximate surface area is 197 Å². The highest BCUT2D eigenvalue weighted by molar-refractivity contribution is 5.83. The maximum Gasteiger partial charge on any atom is 0.407 e. The van der Waals surface area contributed by atoms with Gasteiger partial charge in [0.15, 0.2) is 0 Å². The Bertz CT molecular complexity index is 1010. The van der Waals surface area contributed by atoms with Crippen LogP contribution >= 0.6 is 0 Å². The molecule has 1 aliphatic carbocycles. The van der Waals surface area contributed by atoms with Crippen LogP contribution in [-0.2, 0) is 19.1 Å². The molecule has 0 saturated carbocycles. The monoisotopic (exact) mass is 468 g/mol. The van der Waals surface area contributed by atoms with Crippen molar-refractivity contribution in [2.75, 3.05) is 39.5 Å². The number of aliphatic carboxylic acids is 1. The highest BCUT2D eigenvalue weighted by Gasteiger charge is 2.34. The number of aliphatic hydroxyl groups excluding tert-OH is 1. The molecule has 1 fully saturated rings. The molecule has 2 aromatic carbocycles. The molecule has 2 unspecified atom stereocenters. The molecule has 1 aliphatic heterocycles. The molecule has 4 rings (SSSR count). The van der Waals surface area contributed by atoms with Gasteiger partial charge in [-0.15, -0.1) is 0 Å². The Morgan fingerprint density at radius 3 is 2.32 bits per heavy atom. The zero-order valence-corrected chi connectivity index (χ0v) is 18.7. The van der Waals surface area contributed by atoms with Crippen molar-refractivity contribution >= 4 is 18.0 Å². The number of fused-ring (bicyclic) bond motifs is 3. The van der Waals surface area contributed by atoms with Gasteiger partial charge >= 0.3 is 12.1 Å². The number of nitrogens with one attached hydrogen (secondary N) is 1. The quantitative estimate of drug-likeness (QED) is 0.513. The van der Waals surface area contributed by atoms with E-state index >= 15 is 0 Å². The molecule has 3 N–H and O–H groups in total. The second-order valence-corrected chi connectivity index (χ2v) is 8.47. The number of carboxylic acid groups (broad SMARTS) is 1. The number of carbonyl (C=O) groups excluding carboxylic acids is 2. The van der Waals surface area contributed by atoms with Crippen molar-refractivity contribution in [2.45, 2.75) is 18.4 Å². The summed E-state index contributed by atoms with van der Waals surface area (Å²) in [7, 11) is 0. The van der Waals surface area contributed by atoms with Crippen LogP contribution in [0.25, 0.3) is 11.1 Å². The molecular weight excluding hydrogens is 440 g/mol. The maximum atomic E-state index is 12.6. The van der Waals surface area contributed by atoms with Gasteiger partial charge in [0.2, 0.25) is 5.91 Å². The predicted molar refractivity (Wildman–Crippen MR) is 122 cm³/mol. The average Bonchev–Trinajstić information content (AvgIpc) is 3.43. The summed E-state index contributed by atoms with van der Waals surface area (Å²) >= 11 is 0. The molecule has 34 heavy (non-hydrogen) atoms. The standard InChI is InChI=1S/C25H28N2O7/c28-10-9-27(13-23(29)30)24(31)16-11-17(33-14-16)12-26-25(32)34-15-22-20-7-3-1-5-18(20)19-6-2-4-8-21(19)22/h1-8,16-17,22,28H,9-15H2,(H,26,32)(H,29,30). The minimum atomic E-state index is -1.14. The molecule has 0 aromatic heterocycles. The van der Waals surface area contributed by atoms with Gasteiger partial charge in [-0.3, -0.25) is 9.59 Å². The van der Waals surface area contributed by atoms with E-state index < -0.39 is 24.5 Å². The van der Waals surface area contributed by atoms with Crippen LogP contribution in [0.2, 0.25) is 0 Å². The van der Waals surface area contributed by atoms with E-state index in [9.17, 15) is 14.4 Å². The number of alkyl carbamates (subject to hydrolysis) is 1. The van der Waals surface area contributed by atoms with Crippen LogP contribution in [-0.4, -0.2) is 78.6 Å². The molecule has 9 nitrogen and oxygen atoms in total. The fraction of sp³-hybridized carbons (Fsp3) is 0.400. The van der Waals surface area contributed by atoms with Crippen LogP contribution in [0, 0.1) is 5.92 Å². The van der Waals surface area contributed by atoms with E-state index in [0.717, 1.165) is 27.2 Å². The lowest BCUT2D eigenvalue weighted by Gasteiger charge is -2.22. The van der Waals surface area contributed by atoms with Gasteiger partial charge in [0.1, 0.15) is 13.2 Å². The summed E-state index contributed by atoms with van der Waals surface area (Å²) in [5.74, 6) is -2.07. The molecule has 9 heteroatoms. The summed E-state index contributed by atoms with van der Waals surface area (Å²) in [5, 5.41) is 20.8. The van der Waals surface area contributed by atoms with Gasteiger partial charge in [-0.25, -0.2) is 4.79 Å². The number of hydrogen-bond acceptors (Lipinski definition) is 6. The van der Waals surface area contributed by atoms with Gasteiger partial charge in [0.25, 0.3) is 0 Å². The molecule has 180 valence electrons. The largest absolute Gasteiger partial charge is 0.480 e. The van der Waals surface area contributed by atoms with E-state index in [4.69, 9.17) is 19.7 Å². The SMILES string of the molecule is O=C(O)CN(CCO)C(=O)C1COC(CNC(=O)OCC2c3ccccc3-c3ccccc32)C1. The number of ether oxygens (including phenoxy) is 2. The first kappa shape index (κ1) is 23.7. The molecule has 2 amide bonds. The summed E-state index contributed by atoms with van der Waals surface area (Å²) < 4.78 is 11.1. The topological polar surface area (TPSA) is 125 Å². The molecule has 2 aromatic rings. The van der Waals surface area contributed by atoms with Crippen molar-refractivity contribution in [3.63, 3.8) is 0 Å². The fourth-order valence-electron chi connectivity index (χ4n) is 4.68. The minimum Gasteiger partial charge on any atom is -0.480 e. The van der Waals surface area contributed by atoms with E-state index in [1.165, 1.54) is 0 Å². The lowest BCUT2D eigenvalue weighted by Crippen LogP contribution is -2.41. The summed E-state index contributed by atoms with van der Waals surface area (Å²) in [6.45, 7) is -0.323. The third-order valence-corrected chi connectivity index (χ3v) is 6.26. The van der Waals surface area contributed by atoms with Gasteiger partial charge < -0.3 is 29.9 Å². The van der Waals surface area contributed by atoms with Crippen LogP contribution in [0.3, 0.4) is 0 Å². The lowest BCUT2D eigenvalue weighted by atomic mass is 9.98. The maximum absolute atomic E-state index is 12.6. The minimum absolute atomic E-state index is 0.0328. The molecule has 0 spiro atoms. The molecule has 0 bridgehead atoms. The second kappa shape index (κ2) is 10.7. The van der Waals surface area contributed by atoms with E-state index in [2.05, 4.69) is 29.6 Å². The molecule has 1 saturated heterocycles. The van der Waals surface area contributed by atoms with Crippen LogP contribution in [0.5, 0.6) is 0 Å². The molecular formula is C25H28N2O7. The van der Waals surface area contributed by atoms with Crippen molar-refractivity contribution in [3.8, 4) is 11.1 Å². The zero-order chi connectivity index (χ0) is 24.1. The Kier molecular flexibility index (Phi) is 7.44. The van der Waals surface area contributed by atoms with E-state index in [1.807, 2.05) is 24.3 Å². The normalized spacial score (nSPS) is 18.7. The number of carboxylic acids is 1. The first-order valence-corrected chi connectivity index (χ1v) is 11.3. The van der Waals surface area contributed by atoms with Crippen LogP contribution in [0.4, 0.5) is 4.79 Å². The number of rotatable bonds is 9. The fourth-order valence-corrected chi connectivity index (χ4v) is 4.68. The number of aliphatic hydroxyl groups is 1. The van der Waals surface area contributed by atoms with E-state index in [-0.39, 0.29) is 50.8 Å². The van der Waals surface area contributed by atoms with Gasteiger partial charge in [0, 0.05) is 19.0 Å². The van der Waals surface area contributed by atoms with Gasteiger partial charge in [-0.05, 0) is 28.7 Å². The highest BCUT2D eigenvalue weighted by atomic mass is 16.5. The highest BCUT2D eigenvalue weighted by Crippen LogP contribution is 2.44. The number of benzene rings is 2. The zero-order valence-electron chi connectivity index (χ0n) is 18.7. The first-order valence-electron chi connectivity index (χ1n) is 11.3. The first-order chi connectivity index (χ1) is 16.5. The number of hydrogen-bond donors (Lipinski definition) is 3. The molecule has 0 radical (unpaired) electrons. The lowest BCUT2D eigenvalue weighted by molar-refractivity contribution is -0.146. The van der Waals surface area contributed by atoms with Gasteiger partial charge in [-0.2, -0.15) is 0 Å². The number of nitrogens with zero attached hydrogens (tertiary/aromatic N) is 1. The Balaban J connectivity index is 1.26. The van der Waals surface area contributed by atoms with Crippen molar-refractivity contribution in [1.82, 2.24) is 10.2 Å².